The molecule has 0 aliphatic carbocycles. The van der Waals surface area contributed by atoms with Crippen molar-refractivity contribution in [3.63, 3.8) is 0 Å². The van der Waals surface area contributed by atoms with Gasteiger partial charge < -0.3 is 9.47 Å². The molecule has 0 N–H and O–H groups in total. The minimum atomic E-state index is 0.226. The Morgan fingerprint density at radius 1 is 1.10 bits per heavy atom. The van der Waals surface area contributed by atoms with Gasteiger partial charge in [-0.1, -0.05) is 0 Å². The van der Waals surface area contributed by atoms with Crippen LogP contribution < -0.4 is 9.47 Å². The van der Waals surface area contributed by atoms with Crippen molar-refractivity contribution < 1.29 is 9.47 Å². The average molecular weight is 309 g/mol. The number of hydrogen-bond donors (Lipinski definition) is 0. The third-order valence-electron chi connectivity index (χ3n) is 2.62. The second kappa shape index (κ2) is 5.18. The van der Waals surface area contributed by atoms with Gasteiger partial charge in [0.05, 0.1) is 19.8 Å². The van der Waals surface area contributed by atoms with Gasteiger partial charge in [0.1, 0.15) is 4.83 Å². The highest BCUT2D eigenvalue weighted by Gasteiger charge is 2.14. The summed E-state index contributed by atoms with van der Waals surface area (Å²) in [5.41, 5.74) is 0.771. The van der Waals surface area contributed by atoms with E-state index in [0.29, 0.717) is 5.88 Å². The van der Waals surface area contributed by atoms with E-state index in [9.17, 15) is 0 Å². The molecule has 0 saturated carbocycles. The summed E-state index contributed by atoms with van der Waals surface area (Å²) >= 11 is 7.26. The molecule has 3 aromatic rings. The summed E-state index contributed by atoms with van der Waals surface area (Å²) in [5, 5.41) is 1.14. The van der Waals surface area contributed by atoms with Crippen LogP contribution in [0.25, 0.3) is 20.7 Å². The Balaban J connectivity index is 2.14. The Kier molecular flexibility index (Phi) is 3.37. The van der Waals surface area contributed by atoms with E-state index in [0.717, 1.165) is 20.7 Å². The minimum Gasteiger partial charge on any atom is -0.480 e. The third-order valence-corrected chi connectivity index (χ3v) is 3.88. The van der Waals surface area contributed by atoms with Crippen LogP contribution in [0, 0.1) is 0 Å². The molecule has 3 rings (SSSR count). The summed E-state index contributed by atoms with van der Waals surface area (Å²) in [5.74, 6) is 0.447. The molecule has 0 atom stereocenters. The number of aromatic nitrogens is 4. The first-order valence-electron chi connectivity index (χ1n) is 5.58. The Hall–Kier alpha value is -1.99. The van der Waals surface area contributed by atoms with E-state index < -0.39 is 0 Å². The number of rotatable bonds is 3. The fourth-order valence-corrected chi connectivity index (χ4v) is 2.91. The van der Waals surface area contributed by atoms with E-state index in [1.54, 1.807) is 19.5 Å². The molecule has 3 heterocycles. The molecule has 0 radical (unpaired) electrons. The molecule has 0 aliphatic heterocycles. The lowest BCUT2D eigenvalue weighted by atomic mass is 10.2. The van der Waals surface area contributed by atoms with E-state index in [2.05, 4.69) is 19.9 Å². The van der Waals surface area contributed by atoms with Crippen molar-refractivity contribution in [1.82, 2.24) is 19.9 Å². The molecule has 0 spiro atoms. The molecule has 3 aromatic heterocycles. The molecule has 6 nitrogen and oxygen atoms in total. The molecule has 0 amide bonds. The lowest BCUT2D eigenvalue weighted by molar-refractivity contribution is 0.353. The lowest BCUT2D eigenvalue weighted by Gasteiger charge is -2.06. The van der Waals surface area contributed by atoms with Crippen LogP contribution in [0.1, 0.15) is 0 Å². The second-order valence-electron chi connectivity index (χ2n) is 3.79. The number of hydrogen-bond acceptors (Lipinski definition) is 7. The third kappa shape index (κ3) is 2.25. The SMILES string of the molecule is COc1ncc(-c2cc3cnc(Cl)nc3s2)c(OC)n1. The zero-order valence-electron chi connectivity index (χ0n) is 10.6. The largest absolute Gasteiger partial charge is 0.480 e. The molecular formula is C12H9ClN4O2S. The molecular weight excluding hydrogens is 300 g/mol. The van der Waals surface area contributed by atoms with E-state index in [4.69, 9.17) is 21.1 Å². The highest BCUT2D eigenvalue weighted by molar-refractivity contribution is 7.21. The first-order chi connectivity index (χ1) is 9.71. The standard InChI is InChI=1S/C12H9ClN4O2S/c1-18-9-7(5-15-12(16-9)19-2)8-3-6-4-14-11(13)17-10(6)20-8/h3-5H,1-2H3. The maximum absolute atomic E-state index is 5.79. The molecule has 0 aliphatic rings. The van der Waals surface area contributed by atoms with Gasteiger partial charge in [-0.15, -0.1) is 11.3 Å². The summed E-state index contributed by atoms with van der Waals surface area (Å²) in [6, 6.07) is 2.21. The number of methoxy groups -OCH3 is 2. The zero-order valence-corrected chi connectivity index (χ0v) is 12.2. The molecule has 0 aromatic carbocycles. The zero-order chi connectivity index (χ0) is 14.1. The lowest BCUT2D eigenvalue weighted by Crippen LogP contribution is -1.96. The normalized spacial score (nSPS) is 10.8. The molecule has 20 heavy (non-hydrogen) atoms. The maximum atomic E-state index is 5.79. The number of fused-ring (bicyclic) bond motifs is 1. The first-order valence-corrected chi connectivity index (χ1v) is 6.78. The fourth-order valence-electron chi connectivity index (χ4n) is 1.72. The molecule has 0 saturated heterocycles. The van der Waals surface area contributed by atoms with Gasteiger partial charge in [-0.2, -0.15) is 4.98 Å². The van der Waals surface area contributed by atoms with Gasteiger partial charge in [0.2, 0.25) is 11.2 Å². The van der Waals surface area contributed by atoms with E-state index >= 15 is 0 Å². The average Bonchev–Trinajstić information content (AvgIpc) is 2.89. The van der Waals surface area contributed by atoms with Gasteiger partial charge in [-0.25, -0.2) is 15.0 Å². The molecule has 0 fully saturated rings. The monoisotopic (exact) mass is 308 g/mol. The van der Waals surface area contributed by atoms with Crippen LogP contribution in [-0.2, 0) is 0 Å². The van der Waals surface area contributed by atoms with Crippen molar-refractivity contribution in [2.45, 2.75) is 0 Å². The van der Waals surface area contributed by atoms with Crippen molar-refractivity contribution in [3.05, 3.63) is 23.7 Å². The number of thiophene rings is 1. The van der Waals surface area contributed by atoms with E-state index in [-0.39, 0.29) is 11.3 Å². The molecule has 0 bridgehead atoms. The van der Waals surface area contributed by atoms with Crippen LogP contribution in [0.15, 0.2) is 18.5 Å². The molecule has 8 heteroatoms. The fraction of sp³-hybridized carbons (Fsp3) is 0.167. The Morgan fingerprint density at radius 2 is 1.95 bits per heavy atom. The Morgan fingerprint density at radius 3 is 2.70 bits per heavy atom. The van der Waals surface area contributed by atoms with Crippen molar-refractivity contribution in [2.24, 2.45) is 0 Å². The predicted molar refractivity (Wildman–Crippen MR) is 76.6 cm³/mol. The van der Waals surface area contributed by atoms with Gasteiger partial charge in [0.25, 0.3) is 0 Å². The quantitative estimate of drug-likeness (QED) is 0.693. The number of ether oxygens (including phenoxy) is 2. The highest BCUT2D eigenvalue weighted by atomic mass is 35.5. The van der Waals surface area contributed by atoms with Crippen LogP contribution in [0.5, 0.6) is 11.9 Å². The van der Waals surface area contributed by atoms with E-state index in [1.165, 1.54) is 18.4 Å². The van der Waals surface area contributed by atoms with Gasteiger partial charge in [0.15, 0.2) is 0 Å². The molecule has 0 unspecified atom stereocenters. The van der Waals surface area contributed by atoms with E-state index in [1.807, 2.05) is 6.07 Å². The maximum Gasteiger partial charge on any atom is 0.319 e. The van der Waals surface area contributed by atoms with Crippen LogP contribution in [0.3, 0.4) is 0 Å². The highest BCUT2D eigenvalue weighted by Crippen LogP contribution is 2.36. The Labute approximate surface area is 123 Å². The summed E-state index contributed by atoms with van der Waals surface area (Å²) in [6.45, 7) is 0. The number of nitrogens with zero attached hydrogens (tertiary/aromatic N) is 4. The second-order valence-corrected chi connectivity index (χ2v) is 5.16. The summed E-state index contributed by atoms with van der Waals surface area (Å²) < 4.78 is 10.3. The van der Waals surface area contributed by atoms with Crippen LogP contribution in [0.4, 0.5) is 0 Å². The van der Waals surface area contributed by atoms with Gasteiger partial charge in [-0.3, -0.25) is 0 Å². The minimum absolute atomic E-state index is 0.226. The summed E-state index contributed by atoms with van der Waals surface area (Å²) in [6.07, 6.45) is 3.34. The summed E-state index contributed by atoms with van der Waals surface area (Å²) in [4.78, 5) is 18.1. The topological polar surface area (TPSA) is 70.0 Å². The van der Waals surface area contributed by atoms with Crippen molar-refractivity contribution in [3.8, 4) is 22.3 Å². The number of halogens is 1. The van der Waals surface area contributed by atoms with Crippen LogP contribution >= 0.6 is 22.9 Å². The van der Waals surface area contributed by atoms with Gasteiger partial charge in [0, 0.05) is 22.7 Å². The smallest absolute Gasteiger partial charge is 0.319 e. The predicted octanol–water partition coefficient (Wildman–Crippen LogP) is 2.82. The Bertz CT molecular complexity index is 777. The van der Waals surface area contributed by atoms with Crippen molar-refractivity contribution >= 4 is 33.2 Å². The van der Waals surface area contributed by atoms with Crippen molar-refractivity contribution in [1.29, 1.82) is 0 Å². The van der Waals surface area contributed by atoms with Gasteiger partial charge >= 0.3 is 6.01 Å². The molecule has 102 valence electrons. The van der Waals surface area contributed by atoms with Crippen LogP contribution in [0.2, 0.25) is 5.28 Å². The van der Waals surface area contributed by atoms with Crippen LogP contribution in [-0.4, -0.2) is 34.2 Å². The summed E-state index contributed by atoms with van der Waals surface area (Å²) in [7, 11) is 3.06. The first kappa shape index (κ1) is 13.0. The van der Waals surface area contributed by atoms with Gasteiger partial charge in [-0.05, 0) is 17.7 Å². The van der Waals surface area contributed by atoms with Crippen molar-refractivity contribution in [2.75, 3.05) is 14.2 Å².